The molecule has 8 aromatic carbocycles. The summed E-state index contributed by atoms with van der Waals surface area (Å²) >= 11 is 0. The van der Waals surface area contributed by atoms with Crippen LogP contribution in [0.15, 0.2) is 192 Å². The minimum atomic E-state index is 0.608. The SMILES string of the molecule is Cc1ccc2c(nc3oc4ccccc4n32)c1-c1ccc(-c2c(-c3ccccc3)cc(-c3ccccc3)c(-c3ccccc3)c2-c2ccccc2)cc1. The van der Waals surface area contributed by atoms with Crippen LogP contribution in [-0.4, -0.2) is 9.38 Å². The summed E-state index contributed by atoms with van der Waals surface area (Å²) in [5, 5.41) is 0. The van der Waals surface area contributed by atoms with Crippen molar-refractivity contribution in [2.75, 3.05) is 0 Å². The number of para-hydroxylation sites is 2. The number of rotatable bonds is 6. The van der Waals surface area contributed by atoms with E-state index >= 15 is 0 Å². The molecule has 10 aromatic rings. The molecular formula is C50H34N2O. The molecule has 0 radical (unpaired) electrons. The Hall–Kier alpha value is -6.97. The van der Waals surface area contributed by atoms with E-state index in [1.165, 1.54) is 55.6 Å². The number of hydrogen-bond acceptors (Lipinski definition) is 2. The minimum absolute atomic E-state index is 0.608. The lowest BCUT2D eigenvalue weighted by molar-refractivity contribution is 0.643. The Bertz CT molecular complexity index is 2910. The Morgan fingerprint density at radius 3 is 1.42 bits per heavy atom. The van der Waals surface area contributed by atoms with Crippen LogP contribution in [0.1, 0.15) is 5.56 Å². The monoisotopic (exact) mass is 678 g/mol. The molecule has 0 spiro atoms. The summed E-state index contributed by atoms with van der Waals surface area (Å²) in [5.41, 5.74) is 19.1. The molecule has 0 saturated heterocycles. The van der Waals surface area contributed by atoms with Gasteiger partial charge in [-0.2, -0.15) is 4.98 Å². The van der Waals surface area contributed by atoms with Gasteiger partial charge >= 0.3 is 5.84 Å². The van der Waals surface area contributed by atoms with E-state index in [1.54, 1.807) is 0 Å². The van der Waals surface area contributed by atoms with Crippen LogP contribution in [0.5, 0.6) is 0 Å². The third kappa shape index (κ3) is 5.17. The molecule has 0 N–H and O–H groups in total. The fourth-order valence-electron chi connectivity index (χ4n) is 7.99. The third-order valence-electron chi connectivity index (χ3n) is 10.4. The molecule has 0 fully saturated rings. The topological polar surface area (TPSA) is 30.4 Å². The lowest BCUT2D eigenvalue weighted by Gasteiger charge is -2.24. The number of aryl methyl sites for hydroxylation is 1. The summed E-state index contributed by atoms with van der Waals surface area (Å²) in [6, 6.07) is 67.2. The second-order valence-electron chi connectivity index (χ2n) is 13.6. The lowest BCUT2D eigenvalue weighted by atomic mass is 9.78. The Kier molecular flexibility index (Phi) is 7.36. The maximum absolute atomic E-state index is 6.20. The summed E-state index contributed by atoms with van der Waals surface area (Å²) in [6.07, 6.45) is 0. The van der Waals surface area contributed by atoms with E-state index in [-0.39, 0.29) is 0 Å². The van der Waals surface area contributed by atoms with Crippen LogP contribution in [-0.2, 0) is 0 Å². The molecule has 0 aliphatic heterocycles. The summed E-state index contributed by atoms with van der Waals surface area (Å²) in [7, 11) is 0. The van der Waals surface area contributed by atoms with Crippen molar-refractivity contribution in [3.63, 3.8) is 0 Å². The number of imidazole rings is 1. The van der Waals surface area contributed by atoms with Gasteiger partial charge in [-0.15, -0.1) is 0 Å². The molecule has 0 bridgehead atoms. The highest BCUT2D eigenvalue weighted by atomic mass is 16.4. The smallest absolute Gasteiger partial charge is 0.307 e. The number of oxazole rings is 1. The van der Waals surface area contributed by atoms with Crippen LogP contribution in [0.3, 0.4) is 0 Å². The van der Waals surface area contributed by atoms with Gasteiger partial charge in [-0.05, 0) is 98.0 Å². The second kappa shape index (κ2) is 12.7. The first-order chi connectivity index (χ1) is 26.2. The van der Waals surface area contributed by atoms with Gasteiger partial charge in [0.05, 0.1) is 11.0 Å². The van der Waals surface area contributed by atoms with Crippen LogP contribution in [0.4, 0.5) is 0 Å². The van der Waals surface area contributed by atoms with Gasteiger partial charge in [0.15, 0.2) is 5.58 Å². The van der Waals surface area contributed by atoms with Crippen LogP contribution in [0.2, 0.25) is 0 Å². The first-order valence-corrected chi connectivity index (χ1v) is 18.1. The molecule has 2 heterocycles. The predicted octanol–water partition coefficient (Wildman–Crippen LogP) is 13.5. The van der Waals surface area contributed by atoms with Crippen molar-refractivity contribution in [1.29, 1.82) is 0 Å². The minimum Gasteiger partial charge on any atom is -0.423 e. The molecule has 0 atom stereocenters. The Morgan fingerprint density at radius 1 is 0.396 bits per heavy atom. The molecular weight excluding hydrogens is 645 g/mol. The van der Waals surface area contributed by atoms with E-state index in [2.05, 4.69) is 181 Å². The average molecular weight is 679 g/mol. The van der Waals surface area contributed by atoms with Crippen molar-refractivity contribution in [2.45, 2.75) is 6.92 Å². The molecule has 3 heteroatoms. The van der Waals surface area contributed by atoms with Crippen LogP contribution >= 0.6 is 0 Å². The van der Waals surface area contributed by atoms with E-state index in [0.29, 0.717) is 5.84 Å². The zero-order valence-corrected chi connectivity index (χ0v) is 29.2. The lowest BCUT2D eigenvalue weighted by Crippen LogP contribution is -1.98. The molecule has 53 heavy (non-hydrogen) atoms. The highest BCUT2D eigenvalue weighted by Gasteiger charge is 2.24. The fraction of sp³-hybridized carbons (Fsp3) is 0.0200. The van der Waals surface area contributed by atoms with Crippen molar-refractivity contribution in [1.82, 2.24) is 9.38 Å². The zero-order chi connectivity index (χ0) is 35.3. The van der Waals surface area contributed by atoms with Gasteiger partial charge in [-0.1, -0.05) is 164 Å². The van der Waals surface area contributed by atoms with E-state index < -0.39 is 0 Å². The molecule has 0 aliphatic carbocycles. The summed E-state index contributed by atoms with van der Waals surface area (Å²) in [4.78, 5) is 5.06. The number of benzene rings is 8. The number of hydrogen-bond donors (Lipinski definition) is 0. The zero-order valence-electron chi connectivity index (χ0n) is 29.2. The van der Waals surface area contributed by atoms with E-state index in [9.17, 15) is 0 Å². The van der Waals surface area contributed by atoms with Crippen LogP contribution in [0, 0.1) is 6.92 Å². The predicted molar refractivity (Wildman–Crippen MR) is 220 cm³/mol. The maximum atomic E-state index is 6.20. The first-order valence-electron chi connectivity index (χ1n) is 18.1. The van der Waals surface area contributed by atoms with Crippen molar-refractivity contribution in [2.24, 2.45) is 0 Å². The fourth-order valence-corrected chi connectivity index (χ4v) is 7.99. The normalized spacial score (nSPS) is 11.5. The molecule has 3 nitrogen and oxygen atoms in total. The Labute approximate surface area is 308 Å². The highest BCUT2D eigenvalue weighted by molar-refractivity contribution is 6.08. The van der Waals surface area contributed by atoms with Gasteiger partial charge in [0.1, 0.15) is 5.52 Å². The van der Waals surface area contributed by atoms with Crippen molar-refractivity contribution in [3.8, 4) is 66.8 Å². The molecule has 0 amide bonds. The van der Waals surface area contributed by atoms with Gasteiger partial charge in [-0.3, -0.25) is 4.40 Å². The highest BCUT2D eigenvalue weighted by Crippen LogP contribution is 2.50. The van der Waals surface area contributed by atoms with Crippen LogP contribution in [0.25, 0.3) is 94.7 Å². The molecule has 0 unspecified atom stereocenters. The van der Waals surface area contributed by atoms with E-state index in [4.69, 9.17) is 9.40 Å². The van der Waals surface area contributed by atoms with E-state index in [0.717, 1.165) is 38.8 Å². The van der Waals surface area contributed by atoms with Crippen LogP contribution < -0.4 is 0 Å². The maximum Gasteiger partial charge on any atom is 0.307 e. The van der Waals surface area contributed by atoms with Gasteiger partial charge in [0.2, 0.25) is 0 Å². The van der Waals surface area contributed by atoms with Crippen molar-refractivity contribution < 1.29 is 4.42 Å². The van der Waals surface area contributed by atoms with Gasteiger partial charge in [-0.25, -0.2) is 0 Å². The first kappa shape index (κ1) is 30.8. The molecule has 250 valence electrons. The van der Waals surface area contributed by atoms with Gasteiger partial charge in [0.25, 0.3) is 0 Å². The third-order valence-corrected chi connectivity index (χ3v) is 10.4. The summed E-state index contributed by atoms with van der Waals surface area (Å²) in [6.45, 7) is 2.16. The molecule has 10 rings (SSSR count). The molecule has 2 aromatic heterocycles. The van der Waals surface area contributed by atoms with E-state index in [1.807, 2.05) is 18.2 Å². The number of aromatic nitrogens is 2. The van der Waals surface area contributed by atoms with Gasteiger partial charge in [0, 0.05) is 5.56 Å². The Balaban J connectivity index is 1.25. The summed E-state index contributed by atoms with van der Waals surface area (Å²) in [5.74, 6) is 0.608. The molecule has 0 aliphatic rings. The quantitative estimate of drug-likeness (QED) is 0.175. The average Bonchev–Trinajstić information content (AvgIpc) is 3.78. The standard InChI is InChI=1S/C50H34N2O/c1-33-26-31-43-49(51-50-52(43)42-24-14-15-25-44(42)53-50)45(33)38-27-29-39(30-28-38)47-41(35-18-8-3-9-19-35)32-40(34-16-6-2-7-17-34)46(36-20-10-4-11-21-36)48(47)37-22-12-5-13-23-37/h2-32H,1H3. The number of fused-ring (bicyclic) bond motifs is 5. The van der Waals surface area contributed by atoms with Gasteiger partial charge < -0.3 is 4.42 Å². The van der Waals surface area contributed by atoms with Crippen molar-refractivity contribution >= 4 is 28.0 Å². The number of nitrogens with zero attached hydrogens (tertiary/aromatic N) is 2. The largest absolute Gasteiger partial charge is 0.423 e. The van der Waals surface area contributed by atoms with Crippen molar-refractivity contribution in [3.05, 3.63) is 194 Å². The Morgan fingerprint density at radius 2 is 0.849 bits per heavy atom. The second-order valence-corrected chi connectivity index (χ2v) is 13.6. The summed E-state index contributed by atoms with van der Waals surface area (Å²) < 4.78 is 8.32. The molecule has 0 saturated carbocycles.